The summed E-state index contributed by atoms with van der Waals surface area (Å²) in [4.78, 5) is 8.02. The van der Waals surface area contributed by atoms with E-state index in [0.717, 1.165) is 16.8 Å². The van der Waals surface area contributed by atoms with E-state index in [1.54, 1.807) is 17.1 Å². The summed E-state index contributed by atoms with van der Waals surface area (Å²) in [6, 6.07) is 0. The first-order chi connectivity index (χ1) is 9.80. The summed E-state index contributed by atoms with van der Waals surface area (Å²) >= 11 is 0. The van der Waals surface area contributed by atoms with Crippen LogP contribution in [0.2, 0.25) is 0 Å². The zero-order valence-corrected chi connectivity index (χ0v) is 13.0. The molecule has 0 radical (unpaired) electrons. The van der Waals surface area contributed by atoms with Crippen LogP contribution in [-0.4, -0.2) is 38.1 Å². The molecule has 0 spiro atoms. The van der Waals surface area contributed by atoms with Gasteiger partial charge >= 0.3 is 7.12 Å². The fraction of sp³-hybridized carbons (Fsp3) is 0.500. The Morgan fingerprint density at radius 1 is 1.05 bits per heavy atom. The van der Waals surface area contributed by atoms with E-state index in [-0.39, 0.29) is 11.2 Å². The fourth-order valence-corrected chi connectivity index (χ4v) is 2.22. The SMILES string of the molecule is Cc1nn(-c2cncnc2)cc1B1OC(C)(C)C(C)(C)O1. The van der Waals surface area contributed by atoms with Gasteiger partial charge in [0.1, 0.15) is 12.0 Å². The van der Waals surface area contributed by atoms with Gasteiger partial charge in [-0.15, -0.1) is 0 Å². The van der Waals surface area contributed by atoms with Gasteiger partial charge < -0.3 is 9.31 Å². The maximum Gasteiger partial charge on any atom is 0.498 e. The molecule has 0 N–H and O–H groups in total. The van der Waals surface area contributed by atoms with E-state index in [2.05, 4.69) is 15.1 Å². The molecule has 2 aromatic heterocycles. The molecule has 1 fully saturated rings. The minimum Gasteiger partial charge on any atom is -0.399 e. The van der Waals surface area contributed by atoms with E-state index in [1.807, 2.05) is 40.8 Å². The van der Waals surface area contributed by atoms with Crippen LogP contribution in [0.5, 0.6) is 0 Å². The van der Waals surface area contributed by atoms with Crippen LogP contribution in [0.15, 0.2) is 24.9 Å². The molecule has 21 heavy (non-hydrogen) atoms. The molecule has 0 aliphatic carbocycles. The van der Waals surface area contributed by atoms with Gasteiger partial charge in [-0.25, -0.2) is 14.6 Å². The summed E-state index contributed by atoms with van der Waals surface area (Å²) in [5.74, 6) is 0. The van der Waals surface area contributed by atoms with E-state index in [9.17, 15) is 0 Å². The molecule has 7 heteroatoms. The van der Waals surface area contributed by atoms with Gasteiger partial charge in [-0.05, 0) is 34.6 Å². The molecule has 1 saturated heterocycles. The normalized spacial score (nSPS) is 20.0. The van der Waals surface area contributed by atoms with Gasteiger partial charge in [0, 0.05) is 11.7 Å². The lowest BCUT2D eigenvalue weighted by Gasteiger charge is -2.32. The largest absolute Gasteiger partial charge is 0.498 e. The third-order valence-corrected chi connectivity index (χ3v) is 4.26. The van der Waals surface area contributed by atoms with Gasteiger partial charge in [-0.1, -0.05) is 0 Å². The predicted octanol–water partition coefficient (Wildman–Crippen LogP) is 1.27. The third-order valence-electron chi connectivity index (χ3n) is 4.26. The molecule has 1 aliphatic heterocycles. The summed E-state index contributed by atoms with van der Waals surface area (Å²) in [6.07, 6.45) is 6.84. The van der Waals surface area contributed by atoms with E-state index in [1.165, 1.54) is 6.33 Å². The van der Waals surface area contributed by atoms with Crippen LogP contribution < -0.4 is 5.46 Å². The van der Waals surface area contributed by atoms with Gasteiger partial charge in [0.15, 0.2) is 0 Å². The van der Waals surface area contributed by atoms with Crippen molar-refractivity contribution in [2.75, 3.05) is 0 Å². The van der Waals surface area contributed by atoms with Crippen LogP contribution in [0.25, 0.3) is 5.69 Å². The minimum absolute atomic E-state index is 0.359. The number of hydrogen-bond acceptors (Lipinski definition) is 5. The molecule has 1 aliphatic rings. The summed E-state index contributed by atoms with van der Waals surface area (Å²) < 4.78 is 13.9. The van der Waals surface area contributed by atoms with E-state index < -0.39 is 7.12 Å². The van der Waals surface area contributed by atoms with Crippen LogP contribution in [0.1, 0.15) is 33.4 Å². The Bertz CT molecular complexity index is 638. The summed E-state index contributed by atoms with van der Waals surface area (Å²) in [5.41, 5.74) is 1.89. The van der Waals surface area contributed by atoms with Gasteiger partial charge in [-0.3, -0.25) is 0 Å². The number of hydrogen-bond donors (Lipinski definition) is 0. The van der Waals surface area contributed by atoms with Gasteiger partial charge in [-0.2, -0.15) is 5.10 Å². The van der Waals surface area contributed by atoms with Crippen LogP contribution in [0.3, 0.4) is 0 Å². The highest BCUT2D eigenvalue weighted by atomic mass is 16.7. The Hall–Kier alpha value is -1.73. The van der Waals surface area contributed by atoms with Gasteiger partial charge in [0.2, 0.25) is 0 Å². The van der Waals surface area contributed by atoms with Crippen LogP contribution >= 0.6 is 0 Å². The Morgan fingerprint density at radius 3 is 2.19 bits per heavy atom. The highest BCUT2D eigenvalue weighted by Crippen LogP contribution is 2.36. The highest BCUT2D eigenvalue weighted by Gasteiger charge is 2.52. The van der Waals surface area contributed by atoms with Crippen molar-refractivity contribution in [3.8, 4) is 5.69 Å². The van der Waals surface area contributed by atoms with Crippen molar-refractivity contribution >= 4 is 12.6 Å². The Morgan fingerprint density at radius 2 is 1.62 bits per heavy atom. The lowest BCUT2D eigenvalue weighted by molar-refractivity contribution is 0.00578. The monoisotopic (exact) mass is 286 g/mol. The van der Waals surface area contributed by atoms with Crippen LogP contribution in [0.4, 0.5) is 0 Å². The molecule has 0 saturated carbocycles. The topological polar surface area (TPSA) is 62.1 Å². The average Bonchev–Trinajstić information content (AvgIpc) is 2.89. The quantitative estimate of drug-likeness (QED) is 0.778. The molecular formula is C14H19BN4O2. The molecule has 3 heterocycles. The second-order valence-electron chi connectivity index (χ2n) is 6.30. The highest BCUT2D eigenvalue weighted by molar-refractivity contribution is 6.62. The maximum absolute atomic E-state index is 6.07. The Labute approximate surface area is 124 Å². The smallest absolute Gasteiger partial charge is 0.399 e. The van der Waals surface area contributed by atoms with Crippen molar-refractivity contribution in [3.63, 3.8) is 0 Å². The lowest BCUT2D eigenvalue weighted by atomic mass is 9.79. The zero-order chi connectivity index (χ0) is 15.3. The predicted molar refractivity (Wildman–Crippen MR) is 79.6 cm³/mol. The zero-order valence-electron chi connectivity index (χ0n) is 13.0. The number of aryl methyl sites for hydroxylation is 1. The molecule has 0 bridgehead atoms. The molecule has 0 amide bonds. The second-order valence-corrected chi connectivity index (χ2v) is 6.30. The second kappa shape index (κ2) is 4.64. The molecule has 6 nitrogen and oxygen atoms in total. The standard InChI is InChI=1S/C14H19BN4O2/c1-10-12(15-20-13(2,3)14(4,5)21-15)8-19(18-10)11-6-16-9-17-7-11/h6-9H,1-5H3. The molecule has 110 valence electrons. The summed E-state index contributed by atoms with van der Waals surface area (Å²) in [6.45, 7) is 10.1. The van der Waals surface area contributed by atoms with Crippen LogP contribution in [0, 0.1) is 6.92 Å². The first-order valence-electron chi connectivity index (χ1n) is 6.97. The van der Waals surface area contributed by atoms with E-state index in [4.69, 9.17) is 9.31 Å². The molecular weight excluding hydrogens is 267 g/mol. The first-order valence-corrected chi connectivity index (χ1v) is 6.97. The van der Waals surface area contributed by atoms with Crippen molar-refractivity contribution in [1.29, 1.82) is 0 Å². The van der Waals surface area contributed by atoms with Crippen molar-refractivity contribution in [1.82, 2.24) is 19.7 Å². The van der Waals surface area contributed by atoms with Crippen molar-refractivity contribution in [2.24, 2.45) is 0 Å². The van der Waals surface area contributed by atoms with Gasteiger partial charge in [0.05, 0.1) is 29.3 Å². The Kier molecular flexibility index (Phi) is 3.14. The van der Waals surface area contributed by atoms with Crippen molar-refractivity contribution < 1.29 is 9.31 Å². The molecule has 0 aromatic carbocycles. The Balaban J connectivity index is 1.93. The first kappa shape index (κ1) is 14.2. The number of aromatic nitrogens is 4. The third kappa shape index (κ3) is 2.36. The molecule has 0 unspecified atom stereocenters. The van der Waals surface area contributed by atoms with Crippen LogP contribution in [-0.2, 0) is 9.31 Å². The lowest BCUT2D eigenvalue weighted by Crippen LogP contribution is -2.41. The average molecular weight is 286 g/mol. The summed E-state index contributed by atoms with van der Waals surface area (Å²) in [5, 5.41) is 4.50. The maximum atomic E-state index is 6.07. The summed E-state index contributed by atoms with van der Waals surface area (Å²) in [7, 11) is -0.409. The van der Waals surface area contributed by atoms with E-state index >= 15 is 0 Å². The molecule has 2 aromatic rings. The van der Waals surface area contributed by atoms with Crippen molar-refractivity contribution in [3.05, 3.63) is 30.6 Å². The van der Waals surface area contributed by atoms with E-state index in [0.29, 0.717) is 0 Å². The fourth-order valence-electron chi connectivity index (χ4n) is 2.22. The minimum atomic E-state index is -0.409. The number of rotatable bonds is 2. The molecule has 0 atom stereocenters. The van der Waals surface area contributed by atoms with Gasteiger partial charge in [0.25, 0.3) is 0 Å². The number of nitrogens with zero attached hydrogens (tertiary/aromatic N) is 4. The van der Waals surface area contributed by atoms with Crippen molar-refractivity contribution in [2.45, 2.75) is 45.8 Å². The molecule has 3 rings (SSSR count).